The monoisotopic (exact) mass is 298 g/mol. The highest BCUT2D eigenvalue weighted by Crippen LogP contribution is 2.33. The van der Waals surface area contributed by atoms with E-state index in [0.29, 0.717) is 23.3 Å². The fourth-order valence-electron chi connectivity index (χ4n) is 2.97. The third kappa shape index (κ3) is 2.57. The molecule has 2 aromatic rings. The van der Waals surface area contributed by atoms with Gasteiger partial charge in [0.15, 0.2) is 0 Å². The lowest BCUT2D eigenvalue weighted by Gasteiger charge is -2.22. The molecule has 1 fully saturated rings. The minimum absolute atomic E-state index is 0.112. The Balaban J connectivity index is 2.09. The number of hydrogen-bond acceptors (Lipinski definition) is 3. The average molecular weight is 298 g/mol. The van der Waals surface area contributed by atoms with Crippen LogP contribution in [0.1, 0.15) is 18.7 Å². The molecule has 0 saturated carbocycles. The van der Waals surface area contributed by atoms with Crippen molar-refractivity contribution in [2.24, 2.45) is 0 Å². The van der Waals surface area contributed by atoms with Crippen LogP contribution in [0.5, 0.6) is 0 Å². The van der Waals surface area contributed by atoms with E-state index < -0.39 is 12.0 Å². The minimum Gasteiger partial charge on any atom is -0.399 e. The molecule has 1 atom stereocenters. The second kappa shape index (κ2) is 4.91. The van der Waals surface area contributed by atoms with Crippen molar-refractivity contribution in [3.63, 3.8) is 0 Å². The van der Waals surface area contributed by atoms with Crippen molar-refractivity contribution >= 4 is 16.7 Å². The van der Waals surface area contributed by atoms with Crippen LogP contribution in [0.25, 0.3) is 11.0 Å². The number of benzene rings is 1. The predicted molar refractivity (Wildman–Crippen MR) is 74.8 cm³/mol. The molecule has 0 amide bonds. The molecule has 1 aromatic heterocycles. The van der Waals surface area contributed by atoms with Gasteiger partial charge in [-0.3, -0.25) is 0 Å². The summed E-state index contributed by atoms with van der Waals surface area (Å²) in [6.07, 6.45) is -2.55. The van der Waals surface area contributed by atoms with Crippen molar-refractivity contribution in [2.75, 3.05) is 19.3 Å². The summed E-state index contributed by atoms with van der Waals surface area (Å²) >= 11 is 0. The molecule has 1 saturated heterocycles. The van der Waals surface area contributed by atoms with Gasteiger partial charge < -0.3 is 15.2 Å². The summed E-state index contributed by atoms with van der Waals surface area (Å²) in [5.41, 5.74) is 6.83. The second-order valence-electron chi connectivity index (χ2n) is 5.57. The van der Waals surface area contributed by atoms with Gasteiger partial charge in [0.1, 0.15) is 0 Å². The molecule has 1 aromatic carbocycles. The molecule has 0 aliphatic carbocycles. The molecular formula is C14H17F3N4. The lowest BCUT2D eigenvalue weighted by Crippen LogP contribution is -2.31. The number of rotatable bonds is 2. The van der Waals surface area contributed by atoms with Gasteiger partial charge in [-0.1, -0.05) is 0 Å². The van der Waals surface area contributed by atoms with Crippen molar-refractivity contribution in [3.8, 4) is 0 Å². The maximum absolute atomic E-state index is 13.2. The number of nitrogen functional groups attached to an aromatic ring is 1. The number of hydrogen-bond donors (Lipinski definition) is 1. The number of likely N-dealkylation sites (N-methyl/N-ethyl adjacent to an activating group) is 1. The van der Waals surface area contributed by atoms with Gasteiger partial charge in [0.2, 0.25) is 5.82 Å². The van der Waals surface area contributed by atoms with E-state index in [-0.39, 0.29) is 6.04 Å². The van der Waals surface area contributed by atoms with Gasteiger partial charge in [0, 0.05) is 18.3 Å². The Hall–Kier alpha value is -1.76. The zero-order valence-electron chi connectivity index (χ0n) is 11.7. The first-order chi connectivity index (χ1) is 9.86. The van der Waals surface area contributed by atoms with Gasteiger partial charge in [-0.25, -0.2) is 4.98 Å². The molecule has 114 valence electrons. The van der Waals surface area contributed by atoms with E-state index in [2.05, 4.69) is 9.88 Å². The number of halogens is 3. The third-order valence-corrected chi connectivity index (χ3v) is 4.09. The summed E-state index contributed by atoms with van der Waals surface area (Å²) in [6.45, 7) is 1.22. The summed E-state index contributed by atoms with van der Waals surface area (Å²) in [4.78, 5) is 5.85. The zero-order valence-corrected chi connectivity index (χ0v) is 11.7. The molecule has 0 spiro atoms. The van der Waals surface area contributed by atoms with Crippen molar-refractivity contribution in [1.82, 2.24) is 14.5 Å². The van der Waals surface area contributed by atoms with Crippen LogP contribution >= 0.6 is 0 Å². The highest BCUT2D eigenvalue weighted by atomic mass is 19.4. The van der Waals surface area contributed by atoms with Gasteiger partial charge in [-0.2, -0.15) is 13.2 Å². The fraction of sp³-hybridized carbons (Fsp3) is 0.500. The van der Waals surface area contributed by atoms with Crippen LogP contribution in [-0.4, -0.2) is 34.1 Å². The molecular weight excluding hydrogens is 281 g/mol. The van der Waals surface area contributed by atoms with Crippen molar-refractivity contribution in [3.05, 3.63) is 24.0 Å². The van der Waals surface area contributed by atoms with Gasteiger partial charge in [0.05, 0.1) is 11.0 Å². The molecule has 2 heterocycles. The smallest absolute Gasteiger partial charge is 0.399 e. The number of likely N-dealkylation sites (tertiary alicyclic amines) is 1. The Morgan fingerprint density at radius 1 is 1.38 bits per heavy atom. The number of nitrogens with zero attached hydrogens (tertiary/aromatic N) is 3. The normalized spacial score (nSPS) is 20.5. The molecule has 4 nitrogen and oxygen atoms in total. The second-order valence-corrected chi connectivity index (χ2v) is 5.57. The number of nitrogens with two attached hydrogens (primary N) is 1. The van der Waals surface area contributed by atoms with E-state index in [0.717, 1.165) is 19.4 Å². The maximum atomic E-state index is 13.2. The van der Waals surface area contributed by atoms with Gasteiger partial charge in [0.25, 0.3) is 0 Å². The molecule has 1 unspecified atom stereocenters. The lowest BCUT2D eigenvalue weighted by molar-refractivity contribution is -0.147. The molecule has 3 rings (SSSR count). The summed E-state index contributed by atoms with van der Waals surface area (Å²) in [6, 6.07) is 4.82. The largest absolute Gasteiger partial charge is 0.449 e. The zero-order chi connectivity index (χ0) is 15.2. The van der Waals surface area contributed by atoms with Crippen LogP contribution in [0.4, 0.5) is 18.9 Å². The minimum atomic E-state index is -4.47. The third-order valence-electron chi connectivity index (χ3n) is 4.09. The SMILES string of the molecule is CN1CCCC1Cn1c(C(F)(F)F)nc2cc(N)ccc21. The molecule has 0 bridgehead atoms. The average Bonchev–Trinajstić information content (AvgIpc) is 2.94. The van der Waals surface area contributed by atoms with Crippen LogP contribution < -0.4 is 5.73 Å². The highest BCUT2D eigenvalue weighted by Gasteiger charge is 2.38. The molecule has 1 aliphatic rings. The van der Waals surface area contributed by atoms with Gasteiger partial charge in [-0.05, 0) is 44.6 Å². The van der Waals surface area contributed by atoms with Crippen LogP contribution in [0.2, 0.25) is 0 Å². The summed E-state index contributed by atoms with van der Waals surface area (Å²) in [5.74, 6) is -0.844. The molecule has 0 radical (unpaired) electrons. The number of aromatic nitrogens is 2. The summed E-state index contributed by atoms with van der Waals surface area (Å²) < 4.78 is 41.0. The first-order valence-electron chi connectivity index (χ1n) is 6.89. The standard InChI is InChI=1S/C14H17F3N4/c1-20-6-2-3-10(20)8-21-12-5-4-9(18)7-11(12)19-13(21)14(15,16)17/h4-5,7,10H,2-3,6,8,18H2,1H3. The number of anilines is 1. The van der Waals surface area contributed by atoms with E-state index in [1.165, 1.54) is 10.6 Å². The quantitative estimate of drug-likeness (QED) is 0.867. The maximum Gasteiger partial charge on any atom is 0.449 e. The molecule has 2 N–H and O–H groups in total. The van der Waals surface area contributed by atoms with Crippen LogP contribution in [0, 0.1) is 0 Å². The van der Waals surface area contributed by atoms with Crippen LogP contribution in [0.3, 0.4) is 0 Å². The number of alkyl halides is 3. The van der Waals surface area contributed by atoms with Gasteiger partial charge in [-0.15, -0.1) is 0 Å². The first kappa shape index (κ1) is 14.2. The van der Waals surface area contributed by atoms with Crippen molar-refractivity contribution in [1.29, 1.82) is 0 Å². The number of fused-ring (bicyclic) bond motifs is 1. The van der Waals surface area contributed by atoms with Crippen LogP contribution in [0.15, 0.2) is 18.2 Å². The Bertz CT molecular complexity index is 662. The molecule has 7 heteroatoms. The van der Waals surface area contributed by atoms with Crippen molar-refractivity contribution in [2.45, 2.75) is 31.6 Å². The van der Waals surface area contributed by atoms with Crippen molar-refractivity contribution < 1.29 is 13.2 Å². The Kier molecular flexibility index (Phi) is 3.32. The van der Waals surface area contributed by atoms with Gasteiger partial charge >= 0.3 is 6.18 Å². The summed E-state index contributed by atoms with van der Waals surface area (Å²) in [5, 5.41) is 0. The highest BCUT2D eigenvalue weighted by molar-refractivity contribution is 5.79. The van der Waals surface area contributed by atoms with E-state index in [1.54, 1.807) is 12.1 Å². The summed E-state index contributed by atoms with van der Waals surface area (Å²) in [7, 11) is 1.95. The fourth-order valence-corrected chi connectivity index (χ4v) is 2.97. The van der Waals surface area contributed by atoms with E-state index >= 15 is 0 Å². The van der Waals surface area contributed by atoms with E-state index in [9.17, 15) is 13.2 Å². The van der Waals surface area contributed by atoms with E-state index in [4.69, 9.17) is 5.73 Å². The van der Waals surface area contributed by atoms with E-state index in [1.807, 2.05) is 7.05 Å². The first-order valence-corrected chi connectivity index (χ1v) is 6.89. The lowest BCUT2D eigenvalue weighted by atomic mass is 10.2. The Labute approximate surface area is 120 Å². The molecule has 1 aliphatic heterocycles. The Morgan fingerprint density at radius 3 is 2.76 bits per heavy atom. The number of imidazole rings is 1. The van der Waals surface area contributed by atoms with Crippen LogP contribution in [-0.2, 0) is 12.7 Å². The predicted octanol–water partition coefficient (Wildman–Crippen LogP) is 2.73. The topological polar surface area (TPSA) is 47.1 Å². The Morgan fingerprint density at radius 2 is 2.14 bits per heavy atom. The molecule has 21 heavy (non-hydrogen) atoms.